The van der Waals surface area contributed by atoms with Gasteiger partial charge in [0.15, 0.2) is 16.6 Å². The van der Waals surface area contributed by atoms with Gasteiger partial charge >= 0.3 is 0 Å². The number of carbonyl (C=O) groups is 1. The number of nitrogen functional groups attached to an aromatic ring is 2. The van der Waals surface area contributed by atoms with Crippen LogP contribution in [0.2, 0.25) is 0 Å². The fourth-order valence-electron chi connectivity index (χ4n) is 6.28. The Morgan fingerprint density at radius 1 is 1.14 bits per heavy atom. The molecule has 1 saturated heterocycles. The van der Waals surface area contributed by atoms with Crippen LogP contribution in [0.4, 0.5) is 16.8 Å². The lowest BCUT2D eigenvalue weighted by Gasteiger charge is -2.42. The highest BCUT2D eigenvalue weighted by Gasteiger charge is 2.46. The average molecular weight is 505 g/mol. The summed E-state index contributed by atoms with van der Waals surface area (Å²) in [6, 6.07) is 8.60. The monoisotopic (exact) mass is 504 g/mol. The maximum absolute atomic E-state index is 13.4. The molecule has 6 N–H and O–H groups in total. The molecule has 9 nitrogen and oxygen atoms in total. The highest BCUT2D eigenvalue weighted by molar-refractivity contribution is 7.15. The van der Waals surface area contributed by atoms with Crippen molar-refractivity contribution in [3.8, 4) is 0 Å². The fraction of sp³-hybridized carbons (Fsp3) is 0.462. The van der Waals surface area contributed by atoms with Gasteiger partial charge in [-0.2, -0.15) is 0 Å². The summed E-state index contributed by atoms with van der Waals surface area (Å²) < 4.78 is 0. The van der Waals surface area contributed by atoms with Crippen LogP contribution in [0.1, 0.15) is 64.9 Å². The molecule has 3 aliphatic rings. The van der Waals surface area contributed by atoms with E-state index in [4.69, 9.17) is 17.2 Å². The summed E-state index contributed by atoms with van der Waals surface area (Å²) in [6.07, 6.45) is 4.66. The van der Waals surface area contributed by atoms with E-state index in [-0.39, 0.29) is 34.3 Å². The molecule has 36 heavy (non-hydrogen) atoms. The molecule has 2 aromatic heterocycles. The lowest BCUT2D eigenvalue weighted by Crippen LogP contribution is -2.45. The third-order valence-corrected chi connectivity index (χ3v) is 9.10. The molecule has 0 unspecified atom stereocenters. The summed E-state index contributed by atoms with van der Waals surface area (Å²) in [6.45, 7) is 6.77. The van der Waals surface area contributed by atoms with E-state index in [0.29, 0.717) is 24.0 Å². The molecule has 1 aromatic carbocycles. The Morgan fingerprint density at radius 2 is 1.89 bits per heavy atom. The van der Waals surface area contributed by atoms with Gasteiger partial charge < -0.3 is 27.0 Å². The normalized spacial score (nSPS) is 21.9. The van der Waals surface area contributed by atoms with Gasteiger partial charge in [-0.05, 0) is 35.8 Å². The van der Waals surface area contributed by atoms with Gasteiger partial charge in [0.05, 0.1) is 18.4 Å². The average Bonchev–Trinajstić information content (AvgIpc) is 3.36. The predicted molar refractivity (Wildman–Crippen MR) is 142 cm³/mol. The number of thiazole rings is 1. The number of piperidine rings is 1. The Balaban J connectivity index is 1.16. The molecule has 1 amide bonds. The Labute approximate surface area is 214 Å². The molecule has 1 aliphatic carbocycles. The molecule has 4 heterocycles. The van der Waals surface area contributed by atoms with Crippen LogP contribution in [-0.4, -0.2) is 45.4 Å². The molecule has 0 saturated carbocycles. The van der Waals surface area contributed by atoms with Crippen molar-refractivity contribution < 1.29 is 4.79 Å². The summed E-state index contributed by atoms with van der Waals surface area (Å²) in [5.41, 5.74) is 22.6. The van der Waals surface area contributed by atoms with E-state index < -0.39 is 0 Å². The molecule has 10 heteroatoms. The van der Waals surface area contributed by atoms with Gasteiger partial charge in [-0.1, -0.05) is 38.1 Å². The first kappa shape index (κ1) is 23.2. The minimum atomic E-state index is -0.302. The van der Waals surface area contributed by atoms with Crippen LogP contribution in [0, 0.1) is 5.41 Å². The standard InChI is InChI=1S/C26H32N8OS/c1-25(2)14-34(13-17-21(25)32-24(29)36-17)23(35)19-22(28)31-18(12-30-19)33-9-7-26(8-10-33)11-15-5-3-4-6-16(15)20(26)27/h3-6,12,20H,7-11,13-14,27H2,1-2H3,(H2,28,31)(H2,29,32)/t20-/m1/s1. The van der Waals surface area contributed by atoms with E-state index in [1.54, 1.807) is 11.1 Å². The molecular formula is C26H32N8OS. The number of hydrogen-bond acceptors (Lipinski definition) is 9. The number of carbonyl (C=O) groups excluding carboxylic acids is 1. The smallest absolute Gasteiger partial charge is 0.276 e. The third kappa shape index (κ3) is 3.62. The number of aromatic nitrogens is 3. The van der Waals surface area contributed by atoms with Gasteiger partial charge in [0.1, 0.15) is 5.82 Å². The molecule has 0 bridgehead atoms. The van der Waals surface area contributed by atoms with Crippen molar-refractivity contribution in [1.82, 2.24) is 19.9 Å². The summed E-state index contributed by atoms with van der Waals surface area (Å²) in [5.74, 6) is 0.652. The van der Waals surface area contributed by atoms with E-state index in [9.17, 15) is 4.79 Å². The van der Waals surface area contributed by atoms with Crippen molar-refractivity contribution in [3.63, 3.8) is 0 Å². The lowest BCUT2D eigenvalue weighted by molar-refractivity contribution is 0.0682. The molecule has 1 spiro atoms. The minimum absolute atomic E-state index is 0.0650. The second kappa shape index (κ2) is 8.14. The number of fused-ring (bicyclic) bond motifs is 2. The lowest BCUT2D eigenvalue weighted by atomic mass is 9.73. The molecule has 2 aliphatic heterocycles. The van der Waals surface area contributed by atoms with Crippen molar-refractivity contribution >= 4 is 34.0 Å². The van der Waals surface area contributed by atoms with Crippen LogP contribution in [0.25, 0.3) is 0 Å². The Hall–Kier alpha value is -3.24. The number of nitrogens with zero attached hydrogens (tertiary/aromatic N) is 5. The molecular weight excluding hydrogens is 472 g/mol. The van der Waals surface area contributed by atoms with Crippen LogP contribution in [0.15, 0.2) is 30.5 Å². The summed E-state index contributed by atoms with van der Waals surface area (Å²) >= 11 is 1.43. The zero-order valence-electron chi connectivity index (χ0n) is 20.7. The molecule has 188 valence electrons. The van der Waals surface area contributed by atoms with E-state index in [2.05, 4.69) is 58.0 Å². The zero-order chi connectivity index (χ0) is 25.2. The van der Waals surface area contributed by atoms with Crippen LogP contribution in [0.5, 0.6) is 0 Å². The minimum Gasteiger partial charge on any atom is -0.382 e. The topological polar surface area (TPSA) is 140 Å². The number of benzene rings is 1. The van der Waals surface area contributed by atoms with Crippen molar-refractivity contribution in [1.29, 1.82) is 0 Å². The largest absolute Gasteiger partial charge is 0.382 e. The number of amides is 1. The van der Waals surface area contributed by atoms with E-state index in [1.807, 2.05) is 0 Å². The second-order valence-corrected chi connectivity index (χ2v) is 12.1. The maximum Gasteiger partial charge on any atom is 0.276 e. The second-order valence-electron chi connectivity index (χ2n) is 11.0. The third-order valence-electron chi connectivity index (χ3n) is 8.23. The first-order valence-corrected chi connectivity index (χ1v) is 13.2. The quantitative estimate of drug-likeness (QED) is 0.484. The molecule has 1 fully saturated rings. The zero-order valence-corrected chi connectivity index (χ0v) is 21.5. The van der Waals surface area contributed by atoms with Crippen LogP contribution in [-0.2, 0) is 18.4 Å². The summed E-state index contributed by atoms with van der Waals surface area (Å²) in [7, 11) is 0. The Bertz CT molecular complexity index is 1340. The number of rotatable bonds is 2. The van der Waals surface area contributed by atoms with Gasteiger partial charge in [-0.15, -0.1) is 11.3 Å². The van der Waals surface area contributed by atoms with E-state index >= 15 is 0 Å². The summed E-state index contributed by atoms with van der Waals surface area (Å²) in [4.78, 5) is 32.0. The van der Waals surface area contributed by atoms with E-state index in [0.717, 1.165) is 42.9 Å². The van der Waals surface area contributed by atoms with Crippen LogP contribution in [0.3, 0.4) is 0 Å². The van der Waals surface area contributed by atoms with Crippen LogP contribution >= 0.6 is 11.3 Å². The molecule has 1 atom stereocenters. The number of hydrogen-bond donors (Lipinski definition) is 3. The Morgan fingerprint density at radius 3 is 2.61 bits per heavy atom. The maximum atomic E-state index is 13.4. The first-order chi connectivity index (χ1) is 17.2. The van der Waals surface area contributed by atoms with Gasteiger partial charge in [-0.3, -0.25) is 4.79 Å². The number of anilines is 3. The van der Waals surface area contributed by atoms with Crippen molar-refractivity contribution in [3.05, 3.63) is 57.9 Å². The predicted octanol–water partition coefficient (Wildman–Crippen LogP) is 2.87. The Kier molecular flexibility index (Phi) is 5.24. The van der Waals surface area contributed by atoms with Gasteiger partial charge in [0.2, 0.25) is 0 Å². The summed E-state index contributed by atoms with van der Waals surface area (Å²) in [5, 5.41) is 0.525. The fourth-order valence-corrected chi connectivity index (χ4v) is 7.31. The number of nitrogens with two attached hydrogens (primary N) is 3. The van der Waals surface area contributed by atoms with Crippen molar-refractivity contribution in [2.24, 2.45) is 11.1 Å². The molecule has 6 rings (SSSR count). The highest BCUT2D eigenvalue weighted by Crippen LogP contribution is 2.51. The SMILES string of the molecule is CC1(C)CN(C(=O)c2ncc(N3CCC4(CC3)Cc3ccccc3[C@H]4N)nc2N)Cc2sc(N)nc21. The molecule has 3 aromatic rings. The van der Waals surface area contributed by atoms with Gasteiger partial charge in [0, 0.05) is 36.0 Å². The van der Waals surface area contributed by atoms with E-state index in [1.165, 1.54) is 22.5 Å². The van der Waals surface area contributed by atoms with Gasteiger partial charge in [-0.25, -0.2) is 15.0 Å². The highest BCUT2D eigenvalue weighted by atomic mass is 32.1. The van der Waals surface area contributed by atoms with Crippen LogP contribution < -0.4 is 22.1 Å². The molecule has 0 radical (unpaired) electrons. The van der Waals surface area contributed by atoms with Crippen molar-refractivity contribution in [2.75, 3.05) is 36.0 Å². The van der Waals surface area contributed by atoms with Crippen molar-refractivity contribution in [2.45, 2.75) is 51.1 Å². The van der Waals surface area contributed by atoms with Gasteiger partial charge in [0.25, 0.3) is 5.91 Å². The first-order valence-electron chi connectivity index (χ1n) is 12.4.